The monoisotopic (exact) mass is 307 g/mol. The second kappa shape index (κ2) is 6.09. The summed E-state index contributed by atoms with van der Waals surface area (Å²) in [7, 11) is 0. The Hall–Kier alpha value is -1.50. The highest BCUT2D eigenvalue weighted by Gasteiger charge is 2.16. The Morgan fingerprint density at radius 3 is 2.76 bits per heavy atom. The molecular weight excluding hydrogens is 290 g/mol. The quantitative estimate of drug-likeness (QED) is 0.910. The van der Waals surface area contributed by atoms with E-state index in [1.54, 1.807) is 22.8 Å². The number of nitrogens with zero attached hydrogens (tertiary/aromatic N) is 4. The van der Waals surface area contributed by atoms with E-state index in [-0.39, 0.29) is 5.69 Å². The third-order valence-electron chi connectivity index (χ3n) is 3.97. The summed E-state index contributed by atoms with van der Waals surface area (Å²) in [5, 5.41) is 8.19. The topological polar surface area (TPSA) is 77.0 Å². The van der Waals surface area contributed by atoms with Crippen LogP contribution in [0, 0.1) is 0 Å². The zero-order valence-corrected chi connectivity index (χ0v) is 12.5. The van der Waals surface area contributed by atoms with Crippen LogP contribution >= 0.6 is 11.6 Å². The summed E-state index contributed by atoms with van der Waals surface area (Å²) in [5.41, 5.74) is 6.98. The van der Waals surface area contributed by atoms with Gasteiger partial charge in [0.05, 0.1) is 5.52 Å². The minimum atomic E-state index is -0.335. The normalized spacial score (nSPS) is 17.4. The summed E-state index contributed by atoms with van der Waals surface area (Å²) in [6.45, 7) is 3.35. The molecule has 1 aliphatic heterocycles. The Bertz CT molecular complexity index is 693. The Morgan fingerprint density at radius 1 is 1.24 bits per heavy atom. The SMILES string of the molecule is NC1CCN(CCn2c(=O)nnc3ccc(Cl)cc32)CC1. The van der Waals surface area contributed by atoms with Gasteiger partial charge in [-0.1, -0.05) is 16.7 Å². The van der Waals surface area contributed by atoms with Crippen molar-refractivity contribution in [3.05, 3.63) is 33.7 Å². The van der Waals surface area contributed by atoms with Gasteiger partial charge in [-0.2, -0.15) is 0 Å². The van der Waals surface area contributed by atoms with Crippen LogP contribution in [0.25, 0.3) is 11.0 Å². The van der Waals surface area contributed by atoms with Gasteiger partial charge in [-0.15, -0.1) is 5.10 Å². The number of aromatic nitrogens is 3. The minimum Gasteiger partial charge on any atom is -0.328 e. The first-order valence-corrected chi connectivity index (χ1v) is 7.52. The van der Waals surface area contributed by atoms with Gasteiger partial charge < -0.3 is 10.6 Å². The Balaban J connectivity index is 1.81. The third kappa shape index (κ3) is 3.23. The van der Waals surface area contributed by atoms with E-state index in [0.717, 1.165) is 38.0 Å². The number of nitrogens with two attached hydrogens (primary N) is 1. The summed E-state index contributed by atoms with van der Waals surface area (Å²) in [5.74, 6) is 0. The molecule has 0 radical (unpaired) electrons. The number of piperidine rings is 1. The summed E-state index contributed by atoms with van der Waals surface area (Å²) >= 11 is 6.02. The van der Waals surface area contributed by atoms with Crippen molar-refractivity contribution in [1.29, 1.82) is 0 Å². The van der Waals surface area contributed by atoms with Crippen molar-refractivity contribution in [2.45, 2.75) is 25.4 Å². The molecule has 3 rings (SSSR count). The Morgan fingerprint density at radius 2 is 2.00 bits per heavy atom. The summed E-state index contributed by atoms with van der Waals surface area (Å²) < 4.78 is 1.64. The van der Waals surface area contributed by atoms with Crippen molar-refractivity contribution in [3.8, 4) is 0 Å². The maximum atomic E-state index is 12.0. The van der Waals surface area contributed by atoms with Gasteiger partial charge in [-0.05, 0) is 44.1 Å². The molecule has 2 N–H and O–H groups in total. The average molecular weight is 308 g/mol. The molecule has 0 unspecified atom stereocenters. The summed E-state index contributed by atoms with van der Waals surface area (Å²) in [4.78, 5) is 14.3. The molecule has 2 heterocycles. The van der Waals surface area contributed by atoms with Crippen molar-refractivity contribution in [1.82, 2.24) is 19.7 Å². The average Bonchev–Trinajstić information content (AvgIpc) is 2.48. The molecule has 7 heteroatoms. The van der Waals surface area contributed by atoms with E-state index >= 15 is 0 Å². The second-order valence-electron chi connectivity index (χ2n) is 5.45. The van der Waals surface area contributed by atoms with Crippen LogP contribution in [-0.4, -0.2) is 45.3 Å². The van der Waals surface area contributed by atoms with Crippen molar-refractivity contribution >= 4 is 22.6 Å². The molecule has 0 atom stereocenters. The van der Waals surface area contributed by atoms with Gasteiger partial charge in [-0.25, -0.2) is 4.79 Å². The number of rotatable bonds is 3. The number of halogens is 1. The zero-order valence-electron chi connectivity index (χ0n) is 11.7. The first-order valence-electron chi connectivity index (χ1n) is 7.14. The van der Waals surface area contributed by atoms with Crippen LogP contribution in [0.1, 0.15) is 12.8 Å². The molecule has 0 aliphatic carbocycles. The molecular formula is C14H18ClN5O. The number of likely N-dealkylation sites (tertiary alicyclic amines) is 1. The molecule has 0 bridgehead atoms. The van der Waals surface area contributed by atoms with E-state index in [9.17, 15) is 4.79 Å². The minimum absolute atomic E-state index is 0.311. The van der Waals surface area contributed by atoms with Crippen molar-refractivity contribution in [2.24, 2.45) is 5.73 Å². The van der Waals surface area contributed by atoms with Crippen LogP contribution in [0.4, 0.5) is 0 Å². The first kappa shape index (κ1) is 14.4. The van der Waals surface area contributed by atoms with E-state index in [0.29, 0.717) is 23.1 Å². The molecule has 1 aromatic carbocycles. The predicted octanol–water partition coefficient (Wildman–Crippen LogP) is 0.868. The molecule has 1 fully saturated rings. The zero-order chi connectivity index (χ0) is 14.8. The standard InChI is InChI=1S/C14H18ClN5O/c15-10-1-2-12-13(9-10)20(14(21)18-17-12)8-7-19-5-3-11(16)4-6-19/h1-2,9,11H,3-8,16H2. The largest absolute Gasteiger partial charge is 0.366 e. The number of fused-ring (bicyclic) bond motifs is 1. The number of hydrogen-bond acceptors (Lipinski definition) is 5. The first-order chi connectivity index (χ1) is 10.1. The lowest BCUT2D eigenvalue weighted by Crippen LogP contribution is -2.41. The van der Waals surface area contributed by atoms with Crippen molar-refractivity contribution in [3.63, 3.8) is 0 Å². The molecule has 1 saturated heterocycles. The molecule has 2 aromatic rings. The molecule has 0 spiro atoms. The predicted molar refractivity (Wildman–Crippen MR) is 82.5 cm³/mol. The van der Waals surface area contributed by atoms with Gasteiger partial charge in [0.2, 0.25) is 0 Å². The number of hydrogen-bond donors (Lipinski definition) is 1. The third-order valence-corrected chi connectivity index (χ3v) is 4.21. The fourth-order valence-electron chi connectivity index (χ4n) is 2.69. The molecule has 6 nitrogen and oxygen atoms in total. The Kier molecular flexibility index (Phi) is 4.19. The van der Waals surface area contributed by atoms with Crippen LogP contribution < -0.4 is 11.4 Å². The van der Waals surface area contributed by atoms with Gasteiger partial charge >= 0.3 is 5.69 Å². The van der Waals surface area contributed by atoms with Gasteiger partial charge in [0.25, 0.3) is 0 Å². The van der Waals surface area contributed by atoms with Gasteiger partial charge in [0.15, 0.2) is 0 Å². The van der Waals surface area contributed by atoms with Crippen molar-refractivity contribution < 1.29 is 0 Å². The second-order valence-corrected chi connectivity index (χ2v) is 5.88. The smallest absolute Gasteiger partial charge is 0.328 e. The van der Waals surface area contributed by atoms with Crippen LogP contribution in [0.3, 0.4) is 0 Å². The molecule has 21 heavy (non-hydrogen) atoms. The fourth-order valence-corrected chi connectivity index (χ4v) is 2.85. The molecule has 1 aliphatic rings. The molecule has 112 valence electrons. The van der Waals surface area contributed by atoms with Crippen molar-refractivity contribution in [2.75, 3.05) is 19.6 Å². The van der Waals surface area contributed by atoms with Crippen LogP contribution in [0.2, 0.25) is 5.02 Å². The highest BCUT2D eigenvalue weighted by molar-refractivity contribution is 6.31. The van der Waals surface area contributed by atoms with Crippen LogP contribution in [-0.2, 0) is 6.54 Å². The number of benzene rings is 1. The van der Waals surface area contributed by atoms with E-state index in [2.05, 4.69) is 15.1 Å². The lowest BCUT2D eigenvalue weighted by Gasteiger charge is -2.30. The van der Waals surface area contributed by atoms with Crippen LogP contribution in [0.15, 0.2) is 23.0 Å². The summed E-state index contributed by atoms with van der Waals surface area (Å²) in [6, 6.07) is 5.60. The van der Waals surface area contributed by atoms with E-state index < -0.39 is 0 Å². The van der Waals surface area contributed by atoms with Gasteiger partial charge in [0.1, 0.15) is 5.52 Å². The lowest BCUT2D eigenvalue weighted by molar-refractivity contribution is 0.206. The van der Waals surface area contributed by atoms with Crippen LogP contribution in [0.5, 0.6) is 0 Å². The highest BCUT2D eigenvalue weighted by Crippen LogP contribution is 2.16. The maximum absolute atomic E-state index is 12.0. The molecule has 0 amide bonds. The van der Waals surface area contributed by atoms with E-state index in [4.69, 9.17) is 17.3 Å². The van der Waals surface area contributed by atoms with Gasteiger partial charge in [0, 0.05) is 24.2 Å². The van der Waals surface area contributed by atoms with Gasteiger partial charge in [-0.3, -0.25) is 4.57 Å². The lowest BCUT2D eigenvalue weighted by atomic mass is 10.1. The van der Waals surface area contributed by atoms with E-state index in [1.807, 2.05) is 0 Å². The maximum Gasteiger partial charge on any atom is 0.366 e. The fraction of sp³-hybridized carbons (Fsp3) is 0.500. The Labute approximate surface area is 127 Å². The molecule has 1 aromatic heterocycles. The highest BCUT2D eigenvalue weighted by atomic mass is 35.5. The summed E-state index contributed by atoms with van der Waals surface area (Å²) in [6.07, 6.45) is 2.02. The van der Waals surface area contributed by atoms with E-state index in [1.165, 1.54) is 0 Å². The molecule has 0 saturated carbocycles.